The normalized spacial score (nSPS) is 13.3. The van der Waals surface area contributed by atoms with Crippen LogP contribution in [-0.4, -0.2) is 35.4 Å². The van der Waals surface area contributed by atoms with Crippen molar-refractivity contribution in [2.45, 2.75) is 45.5 Å². The molecule has 7 nitrogen and oxygen atoms in total. The number of carbonyl (C=O) groups excluding carboxylic acids is 4. The van der Waals surface area contributed by atoms with Crippen molar-refractivity contribution < 1.29 is 33.4 Å². The molecule has 0 heterocycles. The first-order valence-corrected chi connectivity index (χ1v) is 7.20. The summed E-state index contributed by atoms with van der Waals surface area (Å²) in [5.74, 6) is -3.62. The van der Waals surface area contributed by atoms with E-state index >= 15 is 0 Å². The molecule has 1 atom stereocenters. The van der Waals surface area contributed by atoms with Gasteiger partial charge in [0.15, 0.2) is 5.78 Å². The average molecular weight is 336 g/mol. The van der Waals surface area contributed by atoms with Crippen LogP contribution in [0.4, 0.5) is 0 Å². The van der Waals surface area contributed by atoms with E-state index in [1.165, 1.54) is 0 Å². The lowest BCUT2D eigenvalue weighted by Crippen LogP contribution is -2.57. The highest BCUT2D eigenvalue weighted by molar-refractivity contribution is 6.24. The van der Waals surface area contributed by atoms with Crippen LogP contribution in [-0.2, 0) is 40.0 Å². The summed E-state index contributed by atoms with van der Waals surface area (Å²) in [4.78, 5) is 47.4. The minimum absolute atomic E-state index is 0.158. The lowest BCUT2D eigenvalue weighted by atomic mass is 9.98. The van der Waals surface area contributed by atoms with Crippen LogP contribution in [0.5, 0.6) is 0 Å². The van der Waals surface area contributed by atoms with E-state index in [1.54, 1.807) is 51.1 Å². The van der Waals surface area contributed by atoms with E-state index in [4.69, 9.17) is 9.47 Å². The Labute approximate surface area is 139 Å². The van der Waals surface area contributed by atoms with E-state index in [0.29, 0.717) is 5.56 Å². The fourth-order valence-corrected chi connectivity index (χ4v) is 1.80. The minimum atomic E-state index is -2.77. The maximum atomic E-state index is 12.4. The first-order chi connectivity index (χ1) is 11.1. The maximum absolute atomic E-state index is 12.4. The summed E-state index contributed by atoms with van der Waals surface area (Å²) in [6.07, 6.45) is 0. The Morgan fingerprint density at radius 3 is 2.08 bits per heavy atom. The van der Waals surface area contributed by atoms with E-state index < -0.39 is 28.9 Å². The third-order valence-electron chi connectivity index (χ3n) is 2.91. The quantitative estimate of drug-likeness (QED) is 0.323. The second-order valence-corrected chi connectivity index (χ2v) is 6.02. The zero-order chi connectivity index (χ0) is 18.4. The lowest BCUT2D eigenvalue weighted by molar-refractivity contribution is -0.198. The van der Waals surface area contributed by atoms with Crippen molar-refractivity contribution in [2.75, 3.05) is 0 Å². The highest BCUT2D eigenvalue weighted by Gasteiger charge is 2.57. The first kappa shape index (κ1) is 19.3. The van der Waals surface area contributed by atoms with Gasteiger partial charge in [0, 0.05) is 0 Å². The largest absolute Gasteiger partial charge is 0.457 e. The SMILES string of the molecule is CC(=O)C(OC=O)(C(=O)OCc1ccccc1)C(=O)OC(C)(C)C. The monoisotopic (exact) mass is 336 g/mol. The summed E-state index contributed by atoms with van der Waals surface area (Å²) in [6.45, 7) is 5.23. The highest BCUT2D eigenvalue weighted by Crippen LogP contribution is 2.22. The molecule has 0 saturated carbocycles. The van der Waals surface area contributed by atoms with Crippen molar-refractivity contribution in [1.29, 1.82) is 0 Å². The molecular weight excluding hydrogens is 316 g/mol. The summed E-state index contributed by atoms with van der Waals surface area (Å²) in [7, 11) is 0. The zero-order valence-electron chi connectivity index (χ0n) is 14.0. The molecular formula is C17H20O7. The van der Waals surface area contributed by atoms with Gasteiger partial charge in [-0.3, -0.25) is 9.59 Å². The van der Waals surface area contributed by atoms with E-state index in [1.807, 2.05) is 0 Å². The average Bonchev–Trinajstić information content (AvgIpc) is 2.49. The third kappa shape index (κ3) is 4.65. The molecule has 0 aliphatic carbocycles. The molecule has 1 aromatic rings. The Kier molecular flexibility index (Phi) is 6.22. The van der Waals surface area contributed by atoms with Crippen molar-refractivity contribution in [2.24, 2.45) is 0 Å². The minimum Gasteiger partial charge on any atom is -0.457 e. The Balaban J connectivity index is 3.07. The number of hydrogen-bond acceptors (Lipinski definition) is 7. The molecule has 0 aromatic heterocycles. The van der Waals surface area contributed by atoms with Crippen LogP contribution in [0.3, 0.4) is 0 Å². The van der Waals surface area contributed by atoms with Crippen LogP contribution in [0, 0.1) is 0 Å². The van der Waals surface area contributed by atoms with Gasteiger partial charge in [-0.15, -0.1) is 0 Å². The molecule has 130 valence electrons. The molecule has 0 aliphatic heterocycles. The van der Waals surface area contributed by atoms with Gasteiger partial charge in [-0.25, -0.2) is 9.59 Å². The van der Waals surface area contributed by atoms with Gasteiger partial charge in [-0.2, -0.15) is 0 Å². The number of hydrogen-bond donors (Lipinski definition) is 0. The molecule has 1 aromatic carbocycles. The van der Waals surface area contributed by atoms with Gasteiger partial charge in [-0.05, 0) is 33.3 Å². The molecule has 0 radical (unpaired) electrons. The molecule has 7 heteroatoms. The summed E-state index contributed by atoms with van der Waals surface area (Å²) < 4.78 is 14.6. The fraction of sp³-hybridized carbons (Fsp3) is 0.412. The van der Waals surface area contributed by atoms with Gasteiger partial charge in [0.1, 0.15) is 12.2 Å². The number of benzene rings is 1. The summed E-state index contributed by atoms with van der Waals surface area (Å²) >= 11 is 0. The molecule has 1 unspecified atom stereocenters. The van der Waals surface area contributed by atoms with Crippen LogP contribution in [0.25, 0.3) is 0 Å². The maximum Gasteiger partial charge on any atom is 0.371 e. The van der Waals surface area contributed by atoms with Crippen LogP contribution < -0.4 is 0 Å². The summed E-state index contributed by atoms with van der Waals surface area (Å²) in [5.41, 5.74) is -3.13. The number of Topliss-reactive ketones (excluding diaryl/α,β-unsaturated/α-hetero) is 1. The van der Waals surface area contributed by atoms with E-state index in [2.05, 4.69) is 4.74 Å². The van der Waals surface area contributed by atoms with Crippen molar-refractivity contribution in [3.05, 3.63) is 35.9 Å². The molecule has 0 amide bonds. The Morgan fingerprint density at radius 1 is 1.04 bits per heavy atom. The van der Waals surface area contributed by atoms with Gasteiger partial charge in [0.2, 0.25) is 0 Å². The van der Waals surface area contributed by atoms with Gasteiger partial charge >= 0.3 is 17.5 Å². The molecule has 0 saturated heterocycles. The van der Waals surface area contributed by atoms with Crippen LogP contribution in [0.15, 0.2) is 30.3 Å². The molecule has 0 bridgehead atoms. The van der Waals surface area contributed by atoms with Crippen LogP contribution >= 0.6 is 0 Å². The molecule has 0 aliphatic rings. The predicted molar refractivity (Wildman–Crippen MR) is 82.6 cm³/mol. The summed E-state index contributed by atoms with van der Waals surface area (Å²) in [5, 5.41) is 0. The molecule has 0 fully saturated rings. The number of carbonyl (C=O) groups is 4. The van der Waals surface area contributed by atoms with Gasteiger partial charge in [0.05, 0.1) is 0 Å². The van der Waals surface area contributed by atoms with Crippen molar-refractivity contribution >= 4 is 24.2 Å². The topological polar surface area (TPSA) is 96.0 Å². The van der Waals surface area contributed by atoms with Gasteiger partial charge in [-0.1, -0.05) is 30.3 Å². The molecule has 24 heavy (non-hydrogen) atoms. The second-order valence-electron chi connectivity index (χ2n) is 6.02. The predicted octanol–water partition coefficient (Wildman–Crippen LogP) is 1.57. The number of esters is 2. The molecule has 0 N–H and O–H groups in total. The van der Waals surface area contributed by atoms with E-state index in [9.17, 15) is 19.2 Å². The smallest absolute Gasteiger partial charge is 0.371 e. The Bertz CT molecular complexity index is 616. The number of ether oxygens (including phenoxy) is 3. The summed E-state index contributed by atoms with van der Waals surface area (Å²) in [6, 6.07) is 8.63. The van der Waals surface area contributed by atoms with Crippen molar-refractivity contribution in [3.8, 4) is 0 Å². The van der Waals surface area contributed by atoms with Crippen molar-refractivity contribution in [3.63, 3.8) is 0 Å². The standard InChI is InChI=1S/C17H20O7/c1-12(19)17(23-11-18,15(21)24-16(2,3)4)14(20)22-10-13-8-6-5-7-9-13/h5-9,11H,10H2,1-4H3. The first-order valence-electron chi connectivity index (χ1n) is 7.20. The molecule has 1 rings (SSSR count). The van der Waals surface area contributed by atoms with E-state index in [0.717, 1.165) is 6.92 Å². The van der Waals surface area contributed by atoms with Gasteiger partial charge < -0.3 is 14.2 Å². The van der Waals surface area contributed by atoms with E-state index in [-0.39, 0.29) is 13.1 Å². The van der Waals surface area contributed by atoms with Crippen LogP contribution in [0.2, 0.25) is 0 Å². The Morgan fingerprint density at radius 2 is 1.62 bits per heavy atom. The van der Waals surface area contributed by atoms with Crippen LogP contribution in [0.1, 0.15) is 33.3 Å². The van der Waals surface area contributed by atoms with Crippen molar-refractivity contribution in [1.82, 2.24) is 0 Å². The number of rotatable bonds is 7. The highest BCUT2D eigenvalue weighted by atomic mass is 16.6. The zero-order valence-corrected chi connectivity index (χ0v) is 14.0. The lowest BCUT2D eigenvalue weighted by Gasteiger charge is -2.29. The fourth-order valence-electron chi connectivity index (χ4n) is 1.80. The Hall–Kier alpha value is -2.70. The van der Waals surface area contributed by atoms with Gasteiger partial charge in [0.25, 0.3) is 6.47 Å². The molecule has 0 spiro atoms. The third-order valence-corrected chi connectivity index (χ3v) is 2.91. The number of ketones is 1. The second kappa shape index (κ2) is 7.72.